The molecule has 8 rings (SSSR count). The number of ether oxygens (including phenoxy) is 3. The van der Waals surface area contributed by atoms with Crippen LogP contribution in [0, 0.1) is 11.2 Å². The molecule has 1 saturated carbocycles. The number of carbonyl (C=O) groups excluding carboxylic acids is 1. The summed E-state index contributed by atoms with van der Waals surface area (Å²) < 4.78 is 32.0. The Kier molecular flexibility index (Phi) is 11.3. The number of hydrogen-bond acceptors (Lipinski definition) is 12. The van der Waals surface area contributed by atoms with Gasteiger partial charge in [-0.15, -0.1) is 10.2 Å². The second-order valence-electron chi connectivity index (χ2n) is 16.3. The summed E-state index contributed by atoms with van der Waals surface area (Å²) >= 11 is 0. The van der Waals surface area contributed by atoms with Crippen molar-refractivity contribution in [3.05, 3.63) is 59.4 Å². The number of fused-ring (bicyclic) bond motifs is 1. The number of benzene rings is 1. The molecule has 4 aliphatic heterocycles. The van der Waals surface area contributed by atoms with E-state index in [4.69, 9.17) is 14.2 Å². The zero-order chi connectivity index (χ0) is 37.2. The van der Waals surface area contributed by atoms with Crippen molar-refractivity contribution in [2.24, 2.45) is 5.41 Å². The van der Waals surface area contributed by atoms with Crippen molar-refractivity contribution in [3.8, 4) is 17.4 Å². The topological polar surface area (TPSA) is 109 Å². The predicted octanol–water partition coefficient (Wildman–Crippen LogP) is 5.41. The van der Waals surface area contributed by atoms with Crippen LogP contribution in [0.3, 0.4) is 0 Å². The molecule has 0 unspecified atom stereocenters. The van der Waals surface area contributed by atoms with E-state index in [1.807, 2.05) is 12.3 Å². The SMILES string of the molecule is CC(C)N(C)C(C)C.O=Cc1cc(F)ccc1Oc1nncnc1N1CC2(CC(Oc3ccnc4c3CN(CCCN3CC5(CCCO5)C3)CC4)C2)C1. The molecule has 0 N–H and O–H groups in total. The number of hydrogen-bond donors (Lipinski definition) is 0. The van der Waals surface area contributed by atoms with Crippen LogP contribution in [0.1, 0.15) is 81.4 Å². The zero-order valence-electron chi connectivity index (χ0n) is 32.0. The lowest BCUT2D eigenvalue weighted by atomic mass is 9.61. The average molecular weight is 731 g/mol. The van der Waals surface area contributed by atoms with Gasteiger partial charge in [-0.25, -0.2) is 9.37 Å². The van der Waals surface area contributed by atoms with Gasteiger partial charge in [0.05, 0.1) is 11.2 Å². The Morgan fingerprint density at radius 1 is 1.04 bits per heavy atom. The van der Waals surface area contributed by atoms with E-state index in [2.05, 4.69) is 74.5 Å². The Bertz CT molecular complexity index is 1710. The number of pyridine rings is 1. The van der Waals surface area contributed by atoms with E-state index < -0.39 is 5.82 Å². The fourth-order valence-electron chi connectivity index (χ4n) is 8.50. The maximum atomic E-state index is 13.6. The molecular formula is C40H55FN8O4. The van der Waals surface area contributed by atoms with Gasteiger partial charge in [-0.3, -0.25) is 19.6 Å². The molecule has 1 aromatic carbocycles. The number of aromatic nitrogens is 4. The van der Waals surface area contributed by atoms with Gasteiger partial charge in [0.2, 0.25) is 0 Å². The molecule has 6 heterocycles. The summed E-state index contributed by atoms with van der Waals surface area (Å²) in [4.78, 5) is 30.0. The number of rotatable bonds is 12. The molecule has 4 fully saturated rings. The van der Waals surface area contributed by atoms with Gasteiger partial charge in [0.25, 0.3) is 5.88 Å². The lowest BCUT2D eigenvalue weighted by molar-refractivity contribution is -0.111. The molecule has 0 radical (unpaired) electrons. The van der Waals surface area contributed by atoms with Crippen LogP contribution in [-0.4, -0.2) is 124 Å². The maximum absolute atomic E-state index is 13.6. The lowest BCUT2D eigenvalue weighted by Gasteiger charge is -2.58. The Morgan fingerprint density at radius 3 is 2.51 bits per heavy atom. The molecule has 53 heavy (non-hydrogen) atoms. The minimum absolute atomic E-state index is 0.103. The number of aldehydes is 1. The molecule has 3 saturated heterocycles. The standard InChI is InChI=1S/C33H38FN7O4.C7H17N/c34-24-3-4-28(23(13-24)17-42)45-31-30(36-22-37-38-31)41-18-32(19-41)14-25(15-32)44-29-5-8-35-27-6-11-39(16-26(27)29)9-2-10-40-20-33(21-40)7-1-12-43-33;1-6(2)8(5)7(3)4/h3-5,8,13,17,22,25H,1-2,6-7,9-12,14-16,18-21H2;6-7H,1-5H3. The summed E-state index contributed by atoms with van der Waals surface area (Å²) in [5.41, 5.74) is 2.85. The van der Waals surface area contributed by atoms with Crippen LogP contribution in [-0.2, 0) is 17.7 Å². The van der Waals surface area contributed by atoms with Crippen LogP contribution in [0.2, 0.25) is 0 Å². The van der Waals surface area contributed by atoms with E-state index in [1.54, 1.807) is 0 Å². The second-order valence-corrected chi connectivity index (χ2v) is 16.3. The first-order valence-corrected chi connectivity index (χ1v) is 19.3. The molecule has 12 nitrogen and oxygen atoms in total. The predicted molar refractivity (Wildman–Crippen MR) is 200 cm³/mol. The summed E-state index contributed by atoms with van der Waals surface area (Å²) in [5, 5.41) is 7.96. The molecule has 1 aliphatic carbocycles. The van der Waals surface area contributed by atoms with E-state index in [0.717, 1.165) is 90.0 Å². The van der Waals surface area contributed by atoms with Crippen LogP contribution >= 0.6 is 0 Å². The third-order valence-electron chi connectivity index (χ3n) is 11.8. The number of carbonyl (C=O) groups is 1. The van der Waals surface area contributed by atoms with Gasteiger partial charge in [-0.05, 0) is 104 Å². The number of anilines is 1. The van der Waals surface area contributed by atoms with Crippen LogP contribution in [0.25, 0.3) is 0 Å². The smallest absolute Gasteiger partial charge is 0.282 e. The Hall–Kier alpha value is -3.78. The fraction of sp³-hybridized carbons (Fsp3) is 0.625. The Morgan fingerprint density at radius 2 is 1.81 bits per heavy atom. The highest BCUT2D eigenvalue weighted by Crippen LogP contribution is 2.52. The van der Waals surface area contributed by atoms with E-state index in [9.17, 15) is 9.18 Å². The molecule has 286 valence electrons. The van der Waals surface area contributed by atoms with Crippen molar-refractivity contribution >= 4 is 12.1 Å². The first kappa shape index (κ1) is 37.5. The van der Waals surface area contributed by atoms with Gasteiger partial charge in [-0.2, -0.15) is 0 Å². The van der Waals surface area contributed by atoms with Crippen LogP contribution in [0.4, 0.5) is 10.2 Å². The highest BCUT2D eigenvalue weighted by Gasteiger charge is 2.54. The van der Waals surface area contributed by atoms with Crippen LogP contribution < -0.4 is 14.4 Å². The van der Waals surface area contributed by atoms with Gasteiger partial charge in [0.15, 0.2) is 12.1 Å². The maximum Gasteiger partial charge on any atom is 0.282 e. The first-order valence-electron chi connectivity index (χ1n) is 19.3. The minimum Gasteiger partial charge on any atom is -0.490 e. The molecule has 5 aliphatic rings. The third-order valence-corrected chi connectivity index (χ3v) is 11.8. The average Bonchev–Trinajstić information content (AvgIpc) is 3.60. The Balaban J connectivity index is 0.000000491. The molecule has 0 atom stereocenters. The molecule has 0 amide bonds. The van der Waals surface area contributed by atoms with Crippen molar-refractivity contribution in [1.82, 2.24) is 34.9 Å². The monoisotopic (exact) mass is 730 g/mol. The third kappa shape index (κ3) is 8.48. The summed E-state index contributed by atoms with van der Waals surface area (Å²) in [5.74, 6) is 1.43. The summed E-state index contributed by atoms with van der Waals surface area (Å²) in [6.45, 7) is 17.7. The van der Waals surface area contributed by atoms with Crippen molar-refractivity contribution in [1.29, 1.82) is 0 Å². The molecule has 0 bridgehead atoms. The normalized spacial score (nSPS) is 20.5. The molecule has 13 heteroatoms. The Labute approximate surface area is 313 Å². The van der Waals surface area contributed by atoms with Crippen molar-refractivity contribution < 1.29 is 23.4 Å². The first-order chi connectivity index (χ1) is 25.5. The number of likely N-dealkylation sites (tertiary alicyclic amines) is 1. The fourth-order valence-corrected chi connectivity index (χ4v) is 8.50. The van der Waals surface area contributed by atoms with Gasteiger partial charge < -0.3 is 24.0 Å². The van der Waals surface area contributed by atoms with Gasteiger partial charge in [0, 0.05) is 87.2 Å². The summed E-state index contributed by atoms with van der Waals surface area (Å²) in [6, 6.07) is 7.16. The van der Waals surface area contributed by atoms with E-state index in [-0.39, 0.29) is 34.3 Å². The highest BCUT2D eigenvalue weighted by molar-refractivity contribution is 5.79. The molecule has 2 spiro atoms. The lowest BCUT2D eigenvalue weighted by Crippen LogP contribution is -2.65. The van der Waals surface area contributed by atoms with Crippen LogP contribution in [0.5, 0.6) is 17.4 Å². The number of halogens is 1. The van der Waals surface area contributed by atoms with Crippen molar-refractivity contribution in [2.45, 2.75) is 96.6 Å². The van der Waals surface area contributed by atoms with Crippen molar-refractivity contribution in [3.63, 3.8) is 0 Å². The summed E-state index contributed by atoms with van der Waals surface area (Å²) in [7, 11) is 2.15. The number of nitrogens with zero attached hydrogens (tertiary/aromatic N) is 8. The van der Waals surface area contributed by atoms with Crippen molar-refractivity contribution in [2.75, 3.05) is 64.4 Å². The van der Waals surface area contributed by atoms with E-state index >= 15 is 0 Å². The zero-order valence-corrected chi connectivity index (χ0v) is 32.0. The molecular weight excluding hydrogens is 675 g/mol. The quantitative estimate of drug-likeness (QED) is 0.223. The molecule has 2 aromatic heterocycles. The van der Waals surface area contributed by atoms with Gasteiger partial charge in [0.1, 0.15) is 29.7 Å². The highest BCUT2D eigenvalue weighted by atomic mass is 19.1. The van der Waals surface area contributed by atoms with Gasteiger partial charge in [-0.1, -0.05) is 0 Å². The largest absolute Gasteiger partial charge is 0.490 e. The molecule has 3 aromatic rings. The van der Waals surface area contributed by atoms with E-state index in [1.165, 1.54) is 49.0 Å². The minimum atomic E-state index is -0.511. The summed E-state index contributed by atoms with van der Waals surface area (Å²) in [6.07, 6.45) is 10.5. The van der Waals surface area contributed by atoms with Crippen LogP contribution in [0.15, 0.2) is 36.8 Å². The van der Waals surface area contributed by atoms with E-state index in [0.29, 0.717) is 24.2 Å². The second kappa shape index (κ2) is 15.9. The van der Waals surface area contributed by atoms with Gasteiger partial charge >= 0.3 is 0 Å².